The van der Waals surface area contributed by atoms with Crippen LogP contribution in [-0.4, -0.2) is 15.5 Å². The van der Waals surface area contributed by atoms with Crippen molar-refractivity contribution in [1.29, 1.82) is 0 Å². The first-order valence-corrected chi connectivity index (χ1v) is 5.79. The molecule has 14 heavy (non-hydrogen) atoms. The van der Waals surface area contributed by atoms with E-state index in [0.717, 1.165) is 11.3 Å². The molecule has 0 bridgehead atoms. The Labute approximate surface area is 84.2 Å². The minimum absolute atomic E-state index is 0.177. The van der Waals surface area contributed by atoms with E-state index in [4.69, 9.17) is 5.14 Å². The maximum atomic E-state index is 11.1. The minimum atomic E-state index is -3.59. The number of nitrogens with two attached hydrogens (primary N) is 1. The van der Waals surface area contributed by atoms with Crippen LogP contribution >= 0.6 is 0 Å². The molecule has 0 aromatic heterocycles. The zero-order valence-electron chi connectivity index (χ0n) is 8.24. The fraction of sp³-hybridized carbons (Fsp3) is 0.333. The third-order valence-corrected chi connectivity index (χ3v) is 2.96. The van der Waals surface area contributed by atoms with Gasteiger partial charge in [-0.2, -0.15) is 0 Å². The summed E-state index contributed by atoms with van der Waals surface area (Å²) in [7, 11) is -1.79. The van der Waals surface area contributed by atoms with Gasteiger partial charge in [-0.25, -0.2) is 13.6 Å². The van der Waals surface area contributed by atoms with E-state index in [9.17, 15) is 8.42 Å². The van der Waals surface area contributed by atoms with Crippen LogP contribution < -0.4 is 10.5 Å². The zero-order valence-corrected chi connectivity index (χ0v) is 9.06. The summed E-state index contributed by atoms with van der Waals surface area (Å²) in [6.07, 6.45) is 5.66. The normalized spacial score (nSPS) is 17.8. The predicted molar refractivity (Wildman–Crippen MR) is 56.7 cm³/mol. The molecule has 0 heterocycles. The van der Waals surface area contributed by atoms with Crippen LogP contribution in [0.2, 0.25) is 0 Å². The summed E-state index contributed by atoms with van der Waals surface area (Å²) in [5.74, 6) is 0. The van der Waals surface area contributed by atoms with E-state index in [2.05, 4.69) is 5.32 Å². The molecule has 0 spiro atoms. The number of rotatable bonds is 2. The summed E-state index contributed by atoms with van der Waals surface area (Å²) in [5, 5.41) is 8.03. The third-order valence-electron chi connectivity index (χ3n) is 2.02. The maximum Gasteiger partial charge on any atom is 0.237 e. The van der Waals surface area contributed by atoms with Crippen molar-refractivity contribution >= 4 is 10.0 Å². The average Bonchev–Trinajstić information content (AvgIpc) is 2.25. The molecule has 0 fully saturated rings. The van der Waals surface area contributed by atoms with Gasteiger partial charge >= 0.3 is 0 Å². The van der Waals surface area contributed by atoms with Crippen LogP contribution in [0.25, 0.3) is 0 Å². The molecule has 1 aliphatic carbocycles. The van der Waals surface area contributed by atoms with E-state index < -0.39 is 10.0 Å². The zero-order chi connectivity index (χ0) is 10.8. The van der Waals surface area contributed by atoms with Gasteiger partial charge in [0.15, 0.2) is 0 Å². The fourth-order valence-electron chi connectivity index (χ4n) is 1.30. The Bertz CT molecular complexity index is 416. The number of primary sulfonamides is 1. The van der Waals surface area contributed by atoms with Gasteiger partial charge < -0.3 is 5.32 Å². The standard InChI is InChI=1S/C9H14N2O2S/c1-7-6-8(14(10,12)13)4-3-5-9(7)11-2/h4-6,11H,3H2,1-2H3,(H2,10,12,13). The highest BCUT2D eigenvalue weighted by atomic mass is 32.2. The molecule has 0 aromatic carbocycles. The van der Waals surface area contributed by atoms with Crippen molar-refractivity contribution in [2.45, 2.75) is 13.3 Å². The third kappa shape index (κ3) is 2.46. The number of allylic oxidation sites excluding steroid dienone is 4. The molecule has 0 unspecified atom stereocenters. The highest BCUT2D eigenvalue weighted by Gasteiger charge is 2.12. The molecule has 0 saturated carbocycles. The van der Waals surface area contributed by atoms with Crippen molar-refractivity contribution in [3.05, 3.63) is 34.4 Å². The Morgan fingerprint density at radius 1 is 1.43 bits per heavy atom. The number of nitrogens with one attached hydrogen (secondary N) is 1. The summed E-state index contributed by atoms with van der Waals surface area (Å²) in [5.41, 5.74) is 1.80. The van der Waals surface area contributed by atoms with E-state index in [1.165, 1.54) is 0 Å². The van der Waals surface area contributed by atoms with Crippen molar-refractivity contribution in [3.8, 4) is 0 Å². The van der Waals surface area contributed by atoms with Crippen LogP contribution in [0.1, 0.15) is 13.3 Å². The van der Waals surface area contributed by atoms with Gasteiger partial charge in [0, 0.05) is 12.7 Å². The van der Waals surface area contributed by atoms with Gasteiger partial charge in [0.05, 0.1) is 4.91 Å². The second-order valence-electron chi connectivity index (χ2n) is 3.08. The van der Waals surface area contributed by atoms with Gasteiger partial charge in [-0.1, -0.05) is 12.2 Å². The van der Waals surface area contributed by atoms with Gasteiger partial charge in [0.2, 0.25) is 10.0 Å². The fourth-order valence-corrected chi connectivity index (χ4v) is 1.97. The molecular formula is C9H14N2O2S. The molecule has 0 saturated heterocycles. The first-order valence-electron chi connectivity index (χ1n) is 4.24. The number of sulfonamides is 1. The Balaban J connectivity index is 3.11. The Morgan fingerprint density at radius 3 is 2.57 bits per heavy atom. The second-order valence-corrected chi connectivity index (χ2v) is 4.64. The minimum Gasteiger partial charge on any atom is -0.388 e. The highest BCUT2D eigenvalue weighted by Crippen LogP contribution is 2.17. The van der Waals surface area contributed by atoms with Crippen LogP contribution in [0.15, 0.2) is 34.4 Å². The van der Waals surface area contributed by atoms with Gasteiger partial charge in [-0.05, 0) is 25.0 Å². The maximum absolute atomic E-state index is 11.1. The van der Waals surface area contributed by atoms with Crippen LogP contribution in [0.4, 0.5) is 0 Å². The molecule has 0 aromatic rings. The van der Waals surface area contributed by atoms with E-state index in [0.29, 0.717) is 6.42 Å². The molecule has 78 valence electrons. The van der Waals surface area contributed by atoms with E-state index >= 15 is 0 Å². The Hall–Kier alpha value is -1.07. The smallest absolute Gasteiger partial charge is 0.237 e. The first kappa shape index (κ1) is 11.0. The van der Waals surface area contributed by atoms with Gasteiger partial charge in [0.1, 0.15) is 0 Å². The van der Waals surface area contributed by atoms with Crippen molar-refractivity contribution in [2.24, 2.45) is 5.14 Å². The largest absolute Gasteiger partial charge is 0.388 e. The molecule has 0 aliphatic heterocycles. The lowest BCUT2D eigenvalue weighted by atomic mass is 10.2. The van der Waals surface area contributed by atoms with Gasteiger partial charge in [-0.3, -0.25) is 0 Å². The van der Waals surface area contributed by atoms with Gasteiger partial charge in [0.25, 0.3) is 0 Å². The van der Waals surface area contributed by atoms with Gasteiger partial charge in [-0.15, -0.1) is 0 Å². The molecule has 0 amide bonds. The summed E-state index contributed by atoms with van der Waals surface area (Å²) in [4.78, 5) is 0.177. The Morgan fingerprint density at radius 2 is 2.07 bits per heavy atom. The quantitative estimate of drug-likeness (QED) is 0.707. The van der Waals surface area contributed by atoms with Crippen LogP contribution in [0.5, 0.6) is 0 Å². The molecule has 0 atom stereocenters. The topological polar surface area (TPSA) is 72.2 Å². The number of hydrogen-bond acceptors (Lipinski definition) is 3. The second kappa shape index (κ2) is 3.98. The summed E-state index contributed by atoms with van der Waals surface area (Å²) < 4.78 is 22.2. The number of likely N-dealkylation sites (N-methyl/N-ethyl adjacent to an activating group) is 1. The number of hydrogen-bond donors (Lipinski definition) is 2. The molecule has 5 heteroatoms. The average molecular weight is 214 g/mol. The van der Waals surface area contributed by atoms with Crippen LogP contribution in [0.3, 0.4) is 0 Å². The van der Waals surface area contributed by atoms with E-state index in [1.54, 1.807) is 19.2 Å². The molecule has 4 nitrogen and oxygen atoms in total. The van der Waals surface area contributed by atoms with Crippen LogP contribution in [0, 0.1) is 0 Å². The van der Waals surface area contributed by atoms with Crippen LogP contribution in [-0.2, 0) is 10.0 Å². The first-order chi connectivity index (χ1) is 6.45. The lowest BCUT2D eigenvalue weighted by molar-refractivity contribution is 0.604. The SMILES string of the molecule is CNC1=CCC=C(S(N)(=O)=O)C=C1C. The van der Waals surface area contributed by atoms with Crippen molar-refractivity contribution in [2.75, 3.05) is 7.05 Å². The monoisotopic (exact) mass is 214 g/mol. The summed E-state index contributed by atoms with van der Waals surface area (Å²) in [6, 6.07) is 0. The lowest BCUT2D eigenvalue weighted by Crippen LogP contribution is -2.14. The highest BCUT2D eigenvalue weighted by molar-refractivity contribution is 7.93. The Kier molecular flexibility index (Phi) is 3.13. The lowest BCUT2D eigenvalue weighted by Gasteiger charge is -2.05. The predicted octanol–water partition coefficient (Wildman–Crippen LogP) is 0.612. The van der Waals surface area contributed by atoms with Crippen molar-refractivity contribution in [1.82, 2.24) is 5.32 Å². The van der Waals surface area contributed by atoms with Crippen molar-refractivity contribution < 1.29 is 8.42 Å². The molecule has 0 radical (unpaired) electrons. The van der Waals surface area contributed by atoms with Crippen molar-refractivity contribution in [3.63, 3.8) is 0 Å². The summed E-state index contributed by atoms with van der Waals surface area (Å²) in [6.45, 7) is 1.84. The molecule has 3 N–H and O–H groups in total. The summed E-state index contributed by atoms with van der Waals surface area (Å²) >= 11 is 0. The molecule has 1 rings (SSSR count). The molecule has 1 aliphatic rings. The van der Waals surface area contributed by atoms with E-state index in [-0.39, 0.29) is 4.91 Å². The van der Waals surface area contributed by atoms with E-state index in [1.807, 2.05) is 13.0 Å². The molecular weight excluding hydrogens is 200 g/mol.